The smallest absolute Gasteiger partial charge is 0.240 e. The Balaban J connectivity index is 1.45. The molecule has 0 aromatic heterocycles. The fourth-order valence-corrected chi connectivity index (χ4v) is 4.86. The summed E-state index contributed by atoms with van der Waals surface area (Å²) in [6, 6.07) is 0.248. The van der Waals surface area contributed by atoms with E-state index in [9.17, 15) is 4.79 Å². The molecule has 4 rings (SSSR count). The Morgan fingerprint density at radius 2 is 1.45 bits per heavy atom. The zero-order chi connectivity index (χ0) is 13.5. The first-order valence-corrected chi connectivity index (χ1v) is 8.86. The monoisotopic (exact) mass is 276 g/mol. The molecule has 112 valence electrons. The number of hydrogen-bond donors (Lipinski definition) is 0. The maximum atomic E-state index is 13.0. The number of carbonyl (C=O) groups is 1. The van der Waals surface area contributed by atoms with Crippen LogP contribution in [0.3, 0.4) is 0 Å². The molecular formula is C17H28N2O. The second kappa shape index (κ2) is 5.32. The van der Waals surface area contributed by atoms with Crippen molar-refractivity contribution < 1.29 is 4.79 Å². The molecule has 4 aliphatic rings. The van der Waals surface area contributed by atoms with Gasteiger partial charge in [-0.15, -0.1) is 0 Å². The minimum Gasteiger partial charge on any atom is -0.341 e. The van der Waals surface area contributed by atoms with Crippen molar-refractivity contribution in [3.05, 3.63) is 0 Å². The van der Waals surface area contributed by atoms with Crippen molar-refractivity contribution in [2.45, 2.75) is 57.4 Å². The summed E-state index contributed by atoms with van der Waals surface area (Å²) >= 11 is 0. The minimum absolute atomic E-state index is 0.248. The second-order valence-corrected chi connectivity index (χ2v) is 7.57. The zero-order valence-electron chi connectivity index (χ0n) is 12.6. The highest BCUT2D eigenvalue weighted by Crippen LogP contribution is 2.40. The predicted molar refractivity (Wildman–Crippen MR) is 79.3 cm³/mol. The molecule has 0 spiro atoms. The van der Waals surface area contributed by atoms with Gasteiger partial charge < -0.3 is 4.90 Å². The van der Waals surface area contributed by atoms with Crippen molar-refractivity contribution in [3.8, 4) is 0 Å². The Morgan fingerprint density at radius 3 is 2.00 bits per heavy atom. The molecule has 2 saturated carbocycles. The van der Waals surface area contributed by atoms with E-state index in [-0.39, 0.29) is 6.04 Å². The Bertz CT molecular complexity index is 359. The van der Waals surface area contributed by atoms with Crippen LogP contribution in [-0.2, 0) is 4.79 Å². The lowest BCUT2D eigenvalue weighted by Gasteiger charge is -2.30. The predicted octanol–water partition coefficient (Wildman–Crippen LogP) is 2.51. The SMILES string of the molecule is O=C([C@H](C1CC1)N1CCCC1)N1C[C@H]2CCCC[C@H]2C1. The summed E-state index contributed by atoms with van der Waals surface area (Å²) in [5.41, 5.74) is 0. The fourth-order valence-electron chi connectivity index (χ4n) is 4.86. The molecule has 1 amide bonds. The summed E-state index contributed by atoms with van der Waals surface area (Å²) in [5.74, 6) is 2.82. The molecule has 2 heterocycles. The molecule has 2 saturated heterocycles. The van der Waals surface area contributed by atoms with Crippen LogP contribution in [0.15, 0.2) is 0 Å². The van der Waals surface area contributed by atoms with E-state index in [1.165, 1.54) is 51.4 Å². The summed E-state index contributed by atoms with van der Waals surface area (Å²) in [5, 5.41) is 0. The maximum absolute atomic E-state index is 13.0. The molecule has 0 aromatic carbocycles. The van der Waals surface area contributed by atoms with Gasteiger partial charge >= 0.3 is 0 Å². The van der Waals surface area contributed by atoms with Gasteiger partial charge in [0.25, 0.3) is 0 Å². The fraction of sp³-hybridized carbons (Fsp3) is 0.941. The van der Waals surface area contributed by atoms with Crippen molar-refractivity contribution in [1.82, 2.24) is 9.80 Å². The Labute approximate surface area is 122 Å². The van der Waals surface area contributed by atoms with E-state index in [4.69, 9.17) is 0 Å². The molecule has 3 nitrogen and oxygen atoms in total. The van der Waals surface area contributed by atoms with Gasteiger partial charge in [0, 0.05) is 13.1 Å². The van der Waals surface area contributed by atoms with Crippen molar-refractivity contribution in [2.75, 3.05) is 26.2 Å². The molecule has 4 fully saturated rings. The van der Waals surface area contributed by atoms with E-state index < -0.39 is 0 Å². The summed E-state index contributed by atoms with van der Waals surface area (Å²) in [6.45, 7) is 4.46. The highest BCUT2D eigenvalue weighted by Gasteiger charge is 2.45. The number of fused-ring (bicyclic) bond motifs is 1. The van der Waals surface area contributed by atoms with E-state index in [2.05, 4.69) is 9.80 Å². The Morgan fingerprint density at radius 1 is 0.850 bits per heavy atom. The van der Waals surface area contributed by atoms with Gasteiger partial charge in [-0.2, -0.15) is 0 Å². The summed E-state index contributed by atoms with van der Waals surface area (Å²) in [7, 11) is 0. The third-order valence-corrected chi connectivity index (χ3v) is 6.14. The van der Waals surface area contributed by atoms with Crippen LogP contribution in [0, 0.1) is 17.8 Å². The molecule has 0 unspecified atom stereocenters. The van der Waals surface area contributed by atoms with Crippen molar-refractivity contribution in [2.24, 2.45) is 17.8 Å². The van der Waals surface area contributed by atoms with Gasteiger partial charge in [0.1, 0.15) is 0 Å². The Hall–Kier alpha value is -0.570. The quantitative estimate of drug-likeness (QED) is 0.791. The van der Waals surface area contributed by atoms with Crippen molar-refractivity contribution >= 4 is 5.91 Å². The lowest BCUT2D eigenvalue weighted by atomic mass is 9.82. The van der Waals surface area contributed by atoms with Gasteiger partial charge in [0.2, 0.25) is 5.91 Å². The second-order valence-electron chi connectivity index (χ2n) is 7.57. The number of carbonyl (C=O) groups excluding carboxylic acids is 1. The van der Waals surface area contributed by atoms with E-state index >= 15 is 0 Å². The van der Waals surface area contributed by atoms with Crippen LogP contribution in [0.2, 0.25) is 0 Å². The van der Waals surface area contributed by atoms with E-state index in [1.54, 1.807) is 0 Å². The highest BCUT2D eigenvalue weighted by atomic mass is 16.2. The number of likely N-dealkylation sites (tertiary alicyclic amines) is 2. The summed E-state index contributed by atoms with van der Waals surface area (Å²) in [4.78, 5) is 17.8. The van der Waals surface area contributed by atoms with Crippen LogP contribution in [0.25, 0.3) is 0 Å². The van der Waals surface area contributed by atoms with Gasteiger partial charge in [-0.1, -0.05) is 12.8 Å². The average Bonchev–Trinajstić information content (AvgIpc) is 3.00. The molecule has 2 aliphatic heterocycles. The topological polar surface area (TPSA) is 23.6 Å². The normalized spacial score (nSPS) is 36.1. The lowest BCUT2D eigenvalue weighted by molar-refractivity contribution is -0.136. The van der Waals surface area contributed by atoms with Gasteiger partial charge in [-0.25, -0.2) is 0 Å². The molecule has 3 atom stereocenters. The third kappa shape index (κ3) is 2.38. The van der Waals surface area contributed by atoms with Gasteiger partial charge in [-0.05, 0) is 69.4 Å². The number of nitrogens with zero attached hydrogens (tertiary/aromatic N) is 2. The lowest BCUT2D eigenvalue weighted by Crippen LogP contribution is -2.48. The van der Waals surface area contributed by atoms with Crippen molar-refractivity contribution in [3.63, 3.8) is 0 Å². The first-order valence-electron chi connectivity index (χ1n) is 8.86. The number of rotatable bonds is 3. The molecule has 20 heavy (non-hydrogen) atoms. The van der Waals surface area contributed by atoms with Crippen LogP contribution in [0.5, 0.6) is 0 Å². The molecule has 2 aliphatic carbocycles. The Kier molecular flexibility index (Phi) is 3.49. The number of hydrogen-bond acceptors (Lipinski definition) is 2. The van der Waals surface area contributed by atoms with Crippen LogP contribution in [0.1, 0.15) is 51.4 Å². The zero-order valence-corrected chi connectivity index (χ0v) is 12.6. The van der Waals surface area contributed by atoms with Crippen LogP contribution >= 0.6 is 0 Å². The first-order chi connectivity index (χ1) is 9.83. The molecule has 0 aromatic rings. The summed E-state index contributed by atoms with van der Waals surface area (Å²) in [6.07, 6.45) is 10.7. The highest BCUT2D eigenvalue weighted by molar-refractivity contribution is 5.83. The number of amides is 1. The maximum Gasteiger partial charge on any atom is 0.240 e. The molecule has 3 heteroatoms. The first kappa shape index (κ1) is 13.1. The largest absolute Gasteiger partial charge is 0.341 e. The molecular weight excluding hydrogens is 248 g/mol. The summed E-state index contributed by atoms with van der Waals surface area (Å²) < 4.78 is 0. The van der Waals surface area contributed by atoms with Crippen LogP contribution < -0.4 is 0 Å². The third-order valence-electron chi connectivity index (χ3n) is 6.14. The van der Waals surface area contributed by atoms with Gasteiger partial charge in [0.15, 0.2) is 0 Å². The van der Waals surface area contributed by atoms with Crippen molar-refractivity contribution in [1.29, 1.82) is 0 Å². The molecule has 0 radical (unpaired) electrons. The van der Waals surface area contributed by atoms with E-state index in [0.717, 1.165) is 38.0 Å². The van der Waals surface area contributed by atoms with Gasteiger partial charge in [-0.3, -0.25) is 9.69 Å². The minimum atomic E-state index is 0.248. The average molecular weight is 276 g/mol. The molecule has 0 N–H and O–H groups in total. The standard InChI is InChI=1S/C17H28N2O/c20-17(16(13-7-8-13)18-9-3-4-10-18)19-11-14-5-1-2-6-15(14)12-19/h13-16H,1-12H2/t14-,15+,16-/m0/s1. The van der Waals surface area contributed by atoms with E-state index in [1.807, 2.05) is 0 Å². The van der Waals surface area contributed by atoms with Gasteiger partial charge in [0.05, 0.1) is 6.04 Å². The van der Waals surface area contributed by atoms with Crippen LogP contribution in [-0.4, -0.2) is 47.9 Å². The van der Waals surface area contributed by atoms with E-state index in [0.29, 0.717) is 11.8 Å². The molecule has 0 bridgehead atoms. The van der Waals surface area contributed by atoms with Crippen LogP contribution in [0.4, 0.5) is 0 Å².